The van der Waals surface area contributed by atoms with E-state index in [2.05, 4.69) is 25.3 Å². The van der Waals surface area contributed by atoms with Gasteiger partial charge in [0.05, 0.1) is 18.5 Å². The Morgan fingerprint density at radius 3 is 2.54 bits per heavy atom. The third-order valence-corrected chi connectivity index (χ3v) is 6.27. The van der Waals surface area contributed by atoms with E-state index in [0.29, 0.717) is 28.4 Å². The molecule has 5 rings (SSSR count). The molecule has 0 saturated carbocycles. The van der Waals surface area contributed by atoms with Gasteiger partial charge in [0, 0.05) is 36.5 Å². The maximum Gasteiger partial charge on any atom is 0.573 e. The Kier molecular flexibility index (Phi) is 6.55. The number of ether oxygens (including phenoxy) is 2. The van der Waals surface area contributed by atoms with Gasteiger partial charge in [-0.05, 0) is 42.7 Å². The van der Waals surface area contributed by atoms with Crippen molar-refractivity contribution >= 4 is 29.1 Å². The monoisotopic (exact) mass is 530 g/mol. The number of nitrogens with one attached hydrogen (secondary N) is 2. The van der Waals surface area contributed by atoms with Crippen molar-refractivity contribution in [3.05, 3.63) is 77.0 Å². The highest BCUT2D eigenvalue weighted by atomic mass is 35.5. The molecule has 12 heteroatoms. The van der Waals surface area contributed by atoms with Crippen LogP contribution in [0.1, 0.15) is 29.2 Å². The quantitative estimate of drug-likeness (QED) is 0.299. The predicted molar refractivity (Wildman–Crippen MR) is 133 cm³/mol. The number of halogens is 4. The van der Waals surface area contributed by atoms with Gasteiger partial charge in [0.15, 0.2) is 0 Å². The number of hydrogen-bond acceptors (Lipinski definition) is 7. The molecule has 2 heterocycles. The fraction of sp³-hybridized carbons (Fsp3) is 0.240. The number of fused-ring (bicyclic) bond motifs is 1. The number of alkyl halides is 3. The molecule has 2 aromatic heterocycles. The standard InChI is InChI=1S/C25H22ClF3N6O2/c1-30-23-18-9-8-17(14-3-6-16(7-4-14)37-25(27,28)29)22(18)33-24(34-23)32-15-5-10-19(20(11-15)36-2)35-12-21(26)31-13-35/h3-7,10-13,17H,8-9H2,1-2H3,(H2,30,32,33,34). The van der Waals surface area contributed by atoms with Gasteiger partial charge in [0.2, 0.25) is 5.95 Å². The third kappa shape index (κ3) is 5.26. The van der Waals surface area contributed by atoms with E-state index in [0.717, 1.165) is 35.3 Å². The molecule has 0 bridgehead atoms. The molecule has 0 saturated heterocycles. The summed E-state index contributed by atoms with van der Waals surface area (Å²) in [4.78, 5) is 13.5. The largest absolute Gasteiger partial charge is 0.573 e. The molecule has 1 atom stereocenters. The summed E-state index contributed by atoms with van der Waals surface area (Å²) in [5.41, 5.74) is 4.12. The van der Waals surface area contributed by atoms with Crippen LogP contribution in [0.15, 0.2) is 55.0 Å². The number of aromatic nitrogens is 4. The SMILES string of the molecule is CNc1nc(Nc2ccc(-n3cnc(Cl)c3)c(OC)c2)nc2c1CCC2c1ccc(OC(F)(F)F)cc1. The van der Waals surface area contributed by atoms with E-state index >= 15 is 0 Å². The van der Waals surface area contributed by atoms with Crippen LogP contribution < -0.4 is 20.1 Å². The van der Waals surface area contributed by atoms with E-state index in [1.165, 1.54) is 12.1 Å². The van der Waals surface area contributed by atoms with Gasteiger partial charge in [-0.25, -0.2) is 9.97 Å². The average Bonchev–Trinajstić information content (AvgIpc) is 3.49. The van der Waals surface area contributed by atoms with Crippen molar-refractivity contribution in [1.29, 1.82) is 0 Å². The first kappa shape index (κ1) is 24.7. The lowest BCUT2D eigenvalue weighted by atomic mass is 9.96. The molecule has 0 fully saturated rings. The van der Waals surface area contributed by atoms with E-state index in [-0.39, 0.29) is 11.7 Å². The first-order chi connectivity index (χ1) is 17.7. The number of anilines is 3. The van der Waals surface area contributed by atoms with E-state index in [1.54, 1.807) is 43.4 Å². The molecule has 0 radical (unpaired) electrons. The first-order valence-electron chi connectivity index (χ1n) is 11.3. The second kappa shape index (κ2) is 9.81. The van der Waals surface area contributed by atoms with Gasteiger partial charge in [-0.15, -0.1) is 13.2 Å². The van der Waals surface area contributed by atoms with Gasteiger partial charge < -0.3 is 24.7 Å². The van der Waals surface area contributed by atoms with Crippen LogP contribution in [0.25, 0.3) is 5.69 Å². The Hall–Kier alpha value is -3.99. The van der Waals surface area contributed by atoms with E-state index in [1.807, 2.05) is 18.2 Å². The van der Waals surface area contributed by atoms with Crippen LogP contribution >= 0.6 is 11.6 Å². The maximum atomic E-state index is 12.5. The highest BCUT2D eigenvalue weighted by molar-refractivity contribution is 6.29. The molecule has 2 N–H and O–H groups in total. The van der Waals surface area contributed by atoms with Crippen molar-refractivity contribution in [1.82, 2.24) is 19.5 Å². The fourth-order valence-electron chi connectivity index (χ4n) is 4.48. The van der Waals surface area contributed by atoms with Gasteiger partial charge in [-0.1, -0.05) is 23.7 Å². The fourth-order valence-corrected chi connectivity index (χ4v) is 4.63. The number of benzene rings is 2. The second-order valence-corrected chi connectivity index (χ2v) is 8.72. The Morgan fingerprint density at radius 2 is 1.89 bits per heavy atom. The van der Waals surface area contributed by atoms with E-state index in [9.17, 15) is 13.2 Å². The normalized spacial score (nSPS) is 14.8. The summed E-state index contributed by atoms with van der Waals surface area (Å²) in [6.45, 7) is 0. The van der Waals surface area contributed by atoms with Crippen molar-refractivity contribution in [3.8, 4) is 17.2 Å². The molecule has 0 spiro atoms. The molecule has 1 aliphatic carbocycles. The topological polar surface area (TPSA) is 86.1 Å². The number of hydrogen-bond donors (Lipinski definition) is 2. The molecule has 4 aromatic rings. The van der Waals surface area contributed by atoms with Crippen LogP contribution in [-0.2, 0) is 6.42 Å². The second-order valence-electron chi connectivity index (χ2n) is 8.33. The molecule has 1 unspecified atom stereocenters. The van der Waals surface area contributed by atoms with Crippen LogP contribution in [0, 0.1) is 0 Å². The van der Waals surface area contributed by atoms with Crippen molar-refractivity contribution < 1.29 is 22.6 Å². The predicted octanol–water partition coefficient (Wildman–Crippen LogP) is 6.09. The highest BCUT2D eigenvalue weighted by Crippen LogP contribution is 2.41. The Labute approximate surface area is 215 Å². The van der Waals surface area contributed by atoms with Gasteiger partial charge in [0.25, 0.3) is 0 Å². The van der Waals surface area contributed by atoms with Crippen LogP contribution in [0.4, 0.5) is 30.6 Å². The summed E-state index contributed by atoms with van der Waals surface area (Å²) in [5.74, 6) is 1.32. The maximum absolute atomic E-state index is 12.5. The van der Waals surface area contributed by atoms with Crippen LogP contribution in [0.5, 0.6) is 11.5 Å². The lowest BCUT2D eigenvalue weighted by Gasteiger charge is -2.16. The molecule has 1 aliphatic rings. The van der Waals surface area contributed by atoms with Crippen molar-refractivity contribution in [2.75, 3.05) is 24.8 Å². The summed E-state index contributed by atoms with van der Waals surface area (Å²) < 4.78 is 48.9. The highest BCUT2D eigenvalue weighted by Gasteiger charge is 2.32. The molecule has 0 amide bonds. The lowest BCUT2D eigenvalue weighted by Crippen LogP contribution is -2.17. The van der Waals surface area contributed by atoms with E-state index in [4.69, 9.17) is 21.3 Å². The van der Waals surface area contributed by atoms with E-state index < -0.39 is 6.36 Å². The van der Waals surface area contributed by atoms with Crippen LogP contribution in [0.3, 0.4) is 0 Å². The third-order valence-electron chi connectivity index (χ3n) is 6.07. The van der Waals surface area contributed by atoms with Gasteiger partial charge in [-0.2, -0.15) is 4.98 Å². The number of rotatable bonds is 7. The smallest absolute Gasteiger partial charge is 0.494 e. The minimum absolute atomic E-state index is 0.0894. The molecule has 2 aromatic carbocycles. The Morgan fingerprint density at radius 1 is 1.11 bits per heavy atom. The summed E-state index contributed by atoms with van der Waals surface area (Å²) in [6, 6.07) is 11.5. The number of methoxy groups -OCH3 is 1. The zero-order chi connectivity index (χ0) is 26.2. The van der Waals surface area contributed by atoms with Crippen LogP contribution in [0.2, 0.25) is 5.15 Å². The lowest BCUT2D eigenvalue weighted by molar-refractivity contribution is -0.274. The number of nitrogens with zero attached hydrogens (tertiary/aromatic N) is 4. The number of imidazole rings is 1. The summed E-state index contributed by atoms with van der Waals surface area (Å²) in [5, 5.41) is 6.74. The first-order valence-corrected chi connectivity index (χ1v) is 11.7. The molecular weight excluding hydrogens is 509 g/mol. The van der Waals surface area contributed by atoms with Gasteiger partial charge in [-0.3, -0.25) is 0 Å². The molecular formula is C25H22ClF3N6O2. The zero-order valence-electron chi connectivity index (χ0n) is 19.8. The minimum Gasteiger partial charge on any atom is -0.494 e. The molecule has 192 valence electrons. The summed E-state index contributed by atoms with van der Waals surface area (Å²) in [7, 11) is 3.36. The molecule has 37 heavy (non-hydrogen) atoms. The van der Waals surface area contributed by atoms with Crippen molar-refractivity contribution in [3.63, 3.8) is 0 Å². The van der Waals surface area contributed by atoms with Crippen molar-refractivity contribution in [2.24, 2.45) is 0 Å². The van der Waals surface area contributed by atoms with Crippen molar-refractivity contribution in [2.45, 2.75) is 25.1 Å². The van der Waals surface area contributed by atoms with Crippen LogP contribution in [-0.4, -0.2) is 40.0 Å². The zero-order valence-corrected chi connectivity index (χ0v) is 20.6. The van der Waals surface area contributed by atoms with Gasteiger partial charge in [0.1, 0.15) is 28.8 Å². The van der Waals surface area contributed by atoms with Gasteiger partial charge >= 0.3 is 6.36 Å². The summed E-state index contributed by atoms with van der Waals surface area (Å²) >= 11 is 5.95. The minimum atomic E-state index is -4.73. The molecule has 0 aliphatic heterocycles. The summed E-state index contributed by atoms with van der Waals surface area (Å²) in [6.07, 6.45) is 0.0454. The Bertz CT molecular complexity index is 1430. The Balaban J connectivity index is 1.43. The molecule has 8 nitrogen and oxygen atoms in total. The average molecular weight is 531 g/mol.